The molecule has 1 rings (SSSR count). The van der Waals surface area contributed by atoms with E-state index in [1.54, 1.807) is 18.8 Å². The van der Waals surface area contributed by atoms with E-state index in [1.807, 2.05) is 20.1 Å². The maximum absolute atomic E-state index is 12.4. The molecule has 6 nitrogen and oxygen atoms in total. The summed E-state index contributed by atoms with van der Waals surface area (Å²) in [6.45, 7) is 5.58. The summed E-state index contributed by atoms with van der Waals surface area (Å²) < 4.78 is 26.2. The van der Waals surface area contributed by atoms with Gasteiger partial charge in [0.05, 0.1) is 0 Å². The highest BCUT2D eigenvalue weighted by Gasteiger charge is 2.27. The van der Waals surface area contributed by atoms with Crippen molar-refractivity contribution in [1.82, 2.24) is 19.8 Å². The first-order valence-electron chi connectivity index (χ1n) is 6.15. The lowest BCUT2D eigenvalue weighted by atomic mass is 10.2. The fourth-order valence-electron chi connectivity index (χ4n) is 1.59. The molecule has 0 bridgehead atoms. The van der Waals surface area contributed by atoms with Crippen molar-refractivity contribution >= 4 is 21.8 Å². The molecule has 0 atom stereocenters. The van der Waals surface area contributed by atoms with E-state index in [2.05, 4.69) is 15.5 Å². The third-order valence-electron chi connectivity index (χ3n) is 2.85. The van der Waals surface area contributed by atoms with Gasteiger partial charge in [-0.05, 0) is 19.7 Å². The molecule has 19 heavy (non-hydrogen) atoms. The molecule has 8 heteroatoms. The number of thioether (sulfide) groups is 1. The van der Waals surface area contributed by atoms with Gasteiger partial charge in [0, 0.05) is 37.1 Å². The van der Waals surface area contributed by atoms with Crippen LogP contribution in [-0.4, -0.2) is 55.1 Å². The van der Waals surface area contributed by atoms with Gasteiger partial charge in [-0.15, -0.1) is 0 Å². The van der Waals surface area contributed by atoms with Gasteiger partial charge in [-0.25, -0.2) is 8.42 Å². The van der Waals surface area contributed by atoms with Crippen LogP contribution < -0.4 is 5.32 Å². The van der Waals surface area contributed by atoms with E-state index in [0.717, 1.165) is 23.6 Å². The Morgan fingerprint density at radius 3 is 2.74 bits per heavy atom. The number of hydrogen-bond acceptors (Lipinski definition) is 5. The number of sulfonamides is 1. The van der Waals surface area contributed by atoms with Crippen molar-refractivity contribution in [3.05, 3.63) is 11.3 Å². The monoisotopic (exact) mass is 306 g/mol. The first-order chi connectivity index (χ1) is 8.95. The molecular formula is C11H22N4O2S2. The van der Waals surface area contributed by atoms with E-state index in [0.29, 0.717) is 13.1 Å². The minimum absolute atomic E-state index is 0.134. The highest BCUT2D eigenvalue weighted by atomic mass is 32.2. The predicted octanol–water partition coefficient (Wildman–Crippen LogP) is 0.811. The van der Waals surface area contributed by atoms with Gasteiger partial charge in [-0.3, -0.25) is 5.10 Å². The minimum Gasteiger partial charge on any atom is -0.313 e. The van der Waals surface area contributed by atoms with Crippen LogP contribution >= 0.6 is 11.8 Å². The SMILES string of the molecule is CCNCc1c(S(=O)(=O)N(C)CCSC)n[nH]c1C. The van der Waals surface area contributed by atoms with Gasteiger partial charge in [0.15, 0.2) is 5.03 Å². The van der Waals surface area contributed by atoms with Crippen LogP contribution in [0.15, 0.2) is 5.03 Å². The Balaban J connectivity index is 3.00. The lowest BCUT2D eigenvalue weighted by molar-refractivity contribution is 0.483. The van der Waals surface area contributed by atoms with Crippen molar-refractivity contribution in [3.8, 4) is 0 Å². The van der Waals surface area contributed by atoms with Crippen LogP contribution in [0.4, 0.5) is 0 Å². The molecule has 0 saturated heterocycles. The molecule has 0 spiro atoms. The summed E-state index contributed by atoms with van der Waals surface area (Å²) in [5.74, 6) is 0.766. The van der Waals surface area contributed by atoms with Crippen molar-refractivity contribution in [3.63, 3.8) is 0 Å². The number of H-pyrrole nitrogens is 1. The average molecular weight is 306 g/mol. The Morgan fingerprint density at radius 1 is 1.47 bits per heavy atom. The van der Waals surface area contributed by atoms with Crippen LogP contribution in [0, 0.1) is 6.92 Å². The average Bonchev–Trinajstić information content (AvgIpc) is 2.75. The molecule has 0 saturated carbocycles. The second-order valence-electron chi connectivity index (χ2n) is 4.23. The zero-order valence-corrected chi connectivity index (χ0v) is 13.5. The Bertz CT molecular complexity index is 499. The molecule has 1 aromatic heterocycles. The molecule has 1 aromatic rings. The Morgan fingerprint density at radius 2 is 2.16 bits per heavy atom. The zero-order chi connectivity index (χ0) is 14.5. The van der Waals surface area contributed by atoms with E-state index in [4.69, 9.17) is 0 Å². The van der Waals surface area contributed by atoms with Crippen LogP contribution in [0.25, 0.3) is 0 Å². The number of nitrogens with one attached hydrogen (secondary N) is 2. The van der Waals surface area contributed by atoms with Gasteiger partial charge in [-0.1, -0.05) is 6.92 Å². The van der Waals surface area contributed by atoms with Gasteiger partial charge < -0.3 is 5.32 Å². The molecule has 0 unspecified atom stereocenters. The van der Waals surface area contributed by atoms with E-state index in [9.17, 15) is 8.42 Å². The van der Waals surface area contributed by atoms with Crippen molar-refractivity contribution in [2.24, 2.45) is 0 Å². The minimum atomic E-state index is -3.51. The number of hydrogen-bond donors (Lipinski definition) is 2. The normalized spacial score (nSPS) is 12.3. The van der Waals surface area contributed by atoms with Crippen LogP contribution in [-0.2, 0) is 16.6 Å². The highest BCUT2D eigenvalue weighted by Crippen LogP contribution is 2.19. The van der Waals surface area contributed by atoms with Crippen molar-refractivity contribution in [1.29, 1.82) is 0 Å². The summed E-state index contributed by atoms with van der Waals surface area (Å²) in [7, 11) is -1.92. The fraction of sp³-hybridized carbons (Fsp3) is 0.727. The van der Waals surface area contributed by atoms with Crippen LogP contribution in [0.2, 0.25) is 0 Å². The number of nitrogens with zero attached hydrogens (tertiary/aromatic N) is 2. The second kappa shape index (κ2) is 7.28. The summed E-state index contributed by atoms with van der Waals surface area (Å²) in [5.41, 5.74) is 1.51. The highest BCUT2D eigenvalue weighted by molar-refractivity contribution is 7.98. The van der Waals surface area contributed by atoms with E-state index >= 15 is 0 Å². The fourth-order valence-corrected chi connectivity index (χ4v) is 3.49. The molecule has 0 radical (unpaired) electrons. The Hall–Kier alpha value is -0.570. The third-order valence-corrected chi connectivity index (χ3v) is 5.27. The van der Waals surface area contributed by atoms with Gasteiger partial charge in [-0.2, -0.15) is 21.2 Å². The largest absolute Gasteiger partial charge is 0.313 e. The van der Waals surface area contributed by atoms with Gasteiger partial charge in [0.25, 0.3) is 10.0 Å². The summed E-state index contributed by atoms with van der Waals surface area (Å²) in [6.07, 6.45) is 1.95. The second-order valence-corrected chi connectivity index (χ2v) is 7.18. The first-order valence-corrected chi connectivity index (χ1v) is 8.98. The van der Waals surface area contributed by atoms with E-state index < -0.39 is 10.0 Å². The number of rotatable bonds is 8. The maximum Gasteiger partial charge on any atom is 0.262 e. The quantitative estimate of drug-likeness (QED) is 0.743. The van der Waals surface area contributed by atoms with Gasteiger partial charge in [0.1, 0.15) is 0 Å². The molecule has 0 aliphatic carbocycles. The maximum atomic E-state index is 12.4. The molecule has 110 valence electrons. The van der Waals surface area contributed by atoms with Crippen LogP contribution in [0.3, 0.4) is 0 Å². The molecule has 0 aliphatic heterocycles. The molecule has 0 aromatic carbocycles. The van der Waals surface area contributed by atoms with Crippen LogP contribution in [0.1, 0.15) is 18.2 Å². The van der Waals surface area contributed by atoms with Gasteiger partial charge in [0.2, 0.25) is 0 Å². The lowest BCUT2D eigenvalue weighted by Gasteiger charge is -2.16. The predicted molar refractivity (Wildman–Crippen MR) is 78.9 cm³/mol. The van der Waals surface area contributed by atoms with E-state index in [-0.39, 0.29) is 5.03 Å². The molecular weight excluding hydrogens is 284 g/mol. The standard InChI is InChI=1S/C11H22N4O2S2/c1-5-12-8-10-9(2)13-14-11(10)19(16,17)15(3)6-7-18-4/h12H,5-8H2,1-4H3,(H,13,14). The summed E-state index contributed by atoms with van der Waals surface area (Å²) >= 11 is 1.62. The molecule has 2 N–H and O–H groups in total. The number of aryl methyl sites for hydroxylation is 1. The van der Waals surface area contributed by atoms with Crippen molar-refractivity contribution in [2.45, 2.75) is 25.4 Å². The molecule has 0 fully saturated rings. The number of aromatic nitrogens is 2. The topological polar surface area (TPSA) is 78.1 Å². The molecule has 1 heterocycles. The summed E-state index contributed by atoms with van der Waals surface area (Å²) in [4.78, 5) is 0. The smallest absolute Gasteiger partial charge is 0.262 e. The molecule has 0 aliphatic rings. The lowest BCUT2D eigenvalue weighted by Crippen LogP contribution is -2.30. The Kier molecular flexibility index (Phi) is 6.31. The number of aromatic amines is 1. The summed E-state index contributed by atoms with van der Waals surface area (Å²) in [6, 6.07) is 0. The third kappa shape index (κ3) is 3.95. The zero-order valence-electron chi connectivity index (χ0n) is 11.9. The Labute approximate surface area is 119 Å². The van der Waals surface area contributed by atoms with Crippen molar-refractivity contribution < 1.29 is 8.42 Å². The van der Waals surface area contributed by atoms with Gasteiger partial charge >= 0.3 is 0 Å². The summed E-state index contributed by atoms with van der Waals surface area (Å²) in [5, 5.41) is 10.0. The van der Waals surface area contributed by atoms with E-state index in [1.165, 1.54) is 4.31 Å². The van der Waals surface area contributed by atoms with Crippen molar-refractivity contribution in [2.75, 3.05) is 32.1 Å². The molecule has 0 amide bonds. The van der Waals surface area contributed by atoms with Crippen LogP contribution in [0.5, 0.6) is 0 Å². The first kappa shape index (κ1) is 16.5.